The van der Waals surface area contributed by atoms with Crippen LogP contribution in [0.5, 0.6) is 0 Å². The largest absolute Gasteiger partial charge is 0.378 e. The summed E-state index contributed by atoms with van der Waals surface area (Å²) in [5.74, 6) is 0.0452. The van der Waals surface area contributed by atoms with Gasteiger partial charge in [0.1, 0.15) is 4.88 Å². The number of nitrogens with zero attached hydrogens (tertiary/aromatic N) is 4. The van der Waals surface area contributed by atoms with Crippen LogP contribution in [0.4, 0.5) is 5.13 Å². The fraction of sp³-hybridized carbons (Fsp3) is 0.471. The highest BCUT2D eigenvalue weighted by molar-refractivity contribution is 7.17. The monoisotopic (exact) mass is 346 g/mol. The molecular formula is C17H22N4O2S. The number of morpholine rings is 1. The number of amides is 1. The highest BCUT2D eigenvalue weighted by Gasteiger charge is 2.23. The zero-order valence-electron chi connectivity index (χ0n) is 14.1. The molecule has 128 valence electrons. The van der Waals surface area contributed by atoms with Crippen LogP contribution in [-0.2, 0) is 11.3 Å². The lowest BCUT2D eigenvalue weighted by Crippen LogP contribution is -2.36. The molecule has 2 aromatic heterocycles. The van der Waals surface area contributed by atoms with E-state index in [1.54, 1.807) is 12.4 Å². The van der Waals surface area contributed by atoms with E-state index in [9.17, 15) is 4.79 Å². The third-order valence-corrected chi connectivity index (χ3v) is 5.26. The molecule has 0 aromatic carbocycles. The zero-order valence-corrected chi connectivity index (χ0v) is 14.9. The number of aromatic nitrogens is 2. The lowest BCUT2D eigenvalue weighted by atomic mass is 10.2. The Balaban J connectivity index is 1.76. The van der Waals surface area contributed by atoms with E-state index in [4.69, 9.17) is 4.74 Å². The van der Waals surface area contributed by atoms with Gasteiger partial charge >= 0.3 is 0 Å². The van der Waals surface area contributed by atoms with Gasteiger partial charge < -0.3 is 14.5 Å². The molecule has 3 rings (SSSR count). The Kier molecular flexibility index (Phi) is 5.42. The summed E-state index contributed by atoms with van der Waals surface area (Å²) in [6, 6.07) is 3.88. The fourth-order valence-electron chi connectivity index (χ4n) is 2.65. The van der Waals surface area contributed by atoms with Crippen LogP contribution in [0.1, 0.15) is 27.9 Å². The first-order chi connectivity index (χ1) is 11.7. The molecule has 6 nitrogen and oxygen atoms in total. The molecule has 1 aliphatic rings. The number of carbonyl (C=O) groups excluding carboxylic acids is 1. The van der Waals surface area contributed by atoms with Gasteiger partial charge in [0, 0.05) is 38.6 Å². The smallest absolute Gasteiger partial charge is 0.266 e. The van der Waals surface area contributed by atoms with Crippen molar-refractivity contribution in [2.75, 3.05) is 37.7 Å². The van der Waals surface area contributed by atoms with Gasteiger partial charge in [-0.1, -0.05) is 11.3 Å². The summed E-state index contributed by atoms with van der Waals surface area (Å²) in [6.07, 6.45) is 3.50. The maximum Gasteiger partial charge on any atom is 0.266 e. The number of anilines is 1. The minimum Gasteiger partial charge on any atom is -0.378 e. The van der Waals surface area contributed by atoms with Crippen LogP contribution in [-0.4, -0.2) is 53.6 Å². The van der Waals surface area contributed by atoms with E-state index in [1.807, 2.05) is 30.9 Å². The zero-order chi connectivity index (χ0) is 16.9. The maximum absolute atomic E-state index is 12.9. The highest BCUT2D eigenvalue weighted by Crippen LogP contribution is 2.28. The van der Waals surface area contributed by atoms with Crippen LogP contribution in [0, 0.1) is 6.92 Å². The van der Waals surface area contributed by atoms with Gasteiger partial charge in [-0.3, -0.25) is 9.78 Å². The van der Waals surface area contributed by atoms with Gasteiger partial charge in [0.05, 0.1) is 18.9 Å². The summed E-state index contributed by atoms with van der Waals surface area (Å²) >= 11 is 1.48. The van der Waals surface area contributed by atoms with Crippen molar-refractivity contribution in [1.82, 2.24) is 14.9 Å². The van der Waals surface area contributed by atoms with Crippen molar-refractivity contribution in [3.63, 3.8) is 0 Å². The van der Waals surface area contributed by atoms with Crippen molar-refractivity contribution >= 4 is 22.4 Å². The second-order valence-electron chi connectivity index (χ2n) is 5.69. The van der Waals surface area contributed by atoms with Gasteiger partial charge in [0.25, 0.3) is 5.91 Å². The third kappa shape index (κ3) is 3.73. The van der Waals surface area contributed by atoms with Crippen LogP contribution in [0.2, 0.25) is 0 Å². The molecular weight excluding hydrogens is 324 g/mol. The van der Waals surface area contributed by atoms with Gasteiger partial charge in [-0.2, -0.15) is 0 Å². The summed E-state index contributed by atoms with van der Waals surface area (Å²) in [7, 11) is 0. The predicted octanol–water partition coefficient (Wildman–Crippen LogP) is 2.35. The van der Waals surface area contributed by atoms with E-state index >= 15 is 0 Å². The Labute approximate surface area is 146 Å². The standard InChI is InChI=1S/C17H22N4O2S/c1-3-20(12-14-4-6-18-7-5-14)16(22)15-13(2)19-17(24-15)21-8-10-23-11-9-21/h4-7H,3,8-12H2,1-2H3. The SMILES string of the molecule is CCN(Cc1ccncc1)C(=O)c1sc(N2CCOCC2)nc1C. The molecule has 0 saturated carbocycles. The summed E-state index contributed by atoms with van der Waals surface area (Å²) in [5.41, 5.74) is 1.88. The molecule has 1 aliphatic heterocycles. The van der Waals surface area contributed by atoms with Crippen molar-refractivity contribution in [3.8, 4) is 0 Å². The van der Waals surface area contributed by atoms with Gasteiger partial charge in [-0.05, 0) is 31.5 Å². The molecule has 0 atom stereocenters. The number of hydrogen-bond donors (Lipinski definition) is 0. The molecule has 24 heavy (non-hydrogen) atoms. The van der Waals surface area contributed by atoms with Crippen LogP contribution in [0.25, 0.3) is 0 Å². The van der Waals surface area contributed by atoms with E-state index in [0.717, 1.165) is 34.4 Å². The Morgan fingerprint density at radius 2 is 2.04 bits per heavy atom. The number of hydrogen-bond acceptors (Lipinski definition) is 6. The van der Waals surface area contributed by atoms with E-state index in [2.05, 4.69) is 14.9 Å². The van der Waals surface area contributed by atoms with E-state index in [1.165, 1.54) is 11.3 Å². The highest BCUT2D eigenvalue weighted by atomic mass is 32.1. The van der Waals surface area contributed by atoms with Gasteiger partial charge in [0.15, 0.2) is 5.13 Å². The molecule has 0 aliphatic carbocycles. The van der Waals surface area contributed by atoms with Crippen LogP contribution in [0.15, 0.2) is 24.5 Å². The first-order valence-electron chi connectivity index (χ1n) is 8.17. The Bertz CT molecular complexity index is 683. The summed E-state index contributed by atoms with van der Waals surface area (Å²) in [5, 5.41) is 0.916. The molecule has 0 N–H and O–H groups in total. The Hall–Kier alpha value is -1.99. The summed E-state index contributed by atoms with van der Waals surface area (Å²) in [4.78, 5) is 26.3. The molecule has 2 aromatic rings. The van der Waals surface area contributed by atoms with Crippen LogP contribution >= 0.6 is 11.3 Å². The van der Waals surface area contributed by atoms with Crippen molar-refractivity contribution in [2.45, 2.75) is 20.4 Å². The average Bonchev–Trinajstić information content (AvgIpc) is 3.02. The Morgan fingerprint density at radius 1 is 1.33 bits per heavy atom. The first kappa shape index (κ1) is 16.9. The molecule has 0 radical (unpaired) electrons. The second-order valence-corrected chi connectivity index (χ2v) is 6.66. The Morgan fingerprint density at radius 3 is 2.71 bits per heavy atom. The maximum atomic E-state index is 12.9. The molecule has 0 bridgehead atoms. The first-order valence-corrected chi connectivity index (χ1v) is 8.99. The lowest BCUT2D eigenvalue weighted by molar-refractivity contribution is 0.0756. The molecule has 1 amide bonds. The predicted molar refractivity (Wildman–Crippen MR) is 94.5 cm³/mol. The van der Waals surface area contributed by atoms with E-state index in [-0.39, 0.29) is 5.91 Å². The third-order valence-electron chi connectivity index (χ3n) is 4.05. The molecule has 1 saturated heterocycles. The van der Waals surface area contributed by atoms with Crippen LogP contribution in [0.3, 0.4) is 0 Å². The summed E-state index contributed by atoms with van der Waals surface area (Å²) in [6.45, 7) is 8.24. The molecule has 3 heterocycles. The van der Waals surface area contributed by atoms with E-state index in [0.29, 0.717) is 26.3 Å². The number of pyridine rings is 1. The average molecular weight is 346 g/mol. The van der Waals surface area contributed by atoms with E-state index < -0.39 is 0 Å². The molecule has 7 heteroatoms. The van der Waals surface area contributed by atoms with Crippen LogP contribution < -0.4 is 4.90 Å². The number of aryl methyl sites for hydroxylation is 1. The number of rotatable bonds is 5. The van der Waals surface area contributed by atoms with Crippen molar-refractivity contribution in [2.24, 2.45) is 0 Å². The van der Waals surface area contributed by atoms with Gasteiger partial charge in [0.2, 0.25) is 0 Å². The van der Waals surface area contributed by atoms with Crippen molar-refractivity contribution < 1.29 is 9.53 Å². The fourth-order valence-corrected chi connectivity index (χ4v) is 3.74. The van der Waals surface area contributed by atoms with Crippen molar-refractivity contribution in [1.29, 1.82) is 0 Å². The molecule has 0 unspecified atom stereocenters. The second kappa shape index (κ2) is 7.72. The number of carbonyl (C=O) groups is 1. The summed E-state index contributed by atoms with van der Waals surface area (Å²) < 4.78 is 5.38. The van der Waals surface area contributed by atoms with Gasteiger partial charge in [-0.25, -0.2) is 4.98 Å². The normalized spacial score (nSPS) is 14.7. The van der Waals surface area contributed by atoms with Gasteiger partial charge in [-0.15, -0.1) is 0 Å². The lowest BCUT2D eigenvalue weighted by Gasteiger charge is -2.26. The molecule has 1 fully saturated rings. The molecule has 0 spiro atoms. The number of thiazole rings is 1. The minimum absolute atomic E-state index is 0.0452. The number of ether oxygens (including phenoxy) is 1. The topological polar surface area (TPSA) is 58.6 Å². The quantitative estimate of drug-likeness (QED) is 0.832. The van der Waals surface area contributed by atoms with Crippen molar-refractivity contribution in [3.05, 3.63) is 40.7 Å². The minimum atomic E-state index is 0.0452.